The minimum Gasteiger partial charge on any atom is -0.478 e. The Morgan fingerprint density at radius 2 is 2.17 bits per heavy atom. The molecule has 0 heterocycles. The van der Waals surface area contributed by atoms with Gasteiger partial charge in [0.2, 0.25) is 0 Å². The highest BCUT2D eigenvalue weighted by atomic mass is 79.9. The second-order valence-corrected chi connectivity index (χ2v) is 3.59. The highest BCUT2D eigenvalue weighted by Crippen LogP contribution is 2.26. The first kappa shape index (κ1) is 9.41. The Morgan fingerprint density at radius 1 is 1.58 bits per heavy atom. The van der Waals surface area contributed by atoms with Gasteiger partial charge in [-0.25, -0.2) is 4.79 Å². The van der Waals surface area contributed by atoms with E-state index in [0.29, 0.717) is 9.37 Å². The summed E-state index contributed by atoms with van der Waals surface area (Å²) in [5.41, 5.74) is 5.73. The SMILES string of the molecule is Nc1c(S)cc(Br)cc1C(=O)O. The summed E-state index contributed by atoms with van der Waals surface area (Å²) in [6, 6.07) is 3.09. The number of hydrogen-bond acceptors (Lipinski definition) is 3. The van der Waals surface area contributed by atoms with Crippen LogP contribution < -0.4 is 5.73 Å². The van der Waals surface area contributed by atoms with E-state index >= 15 is 0 Å². The third kappa shape index (κ3) is 1.73. The molecule has 0 amide bonds. The molecular formula is C7H6BrNO2S. The van der Waals surface area contributed by atoms with Crippen LogP contribution in [0.1, 0.15) is 10.4 Å². The molecule has 0 aromatic heterocycles. The van der Waals surface area contributed by atoms with E-state index in [1.807, 2.05) is 0 Å². The minimum absolute atomic E-state index is 0.0642. The van der Waals surface area contributed by atoms with Crippen LogP contribution in [0.3, 0.4) is 0 Å². The van der Waals surface area contributed by atoms with Crippen LogP contribution in [-0.4, -0.2) is 11.1 Å². The Hall–Kier alpha value is -0.680. The summed E-state index contributed by atoms with van der Waals surface area (Å²) in [4.78, 5) is 11.1. The van der Waals surface area contributed by atoms with Gasteiger partial charge in [-0.1, -0.05) is 15.9 Å². The molecule has 12 heavy (non-hydrogen) atoms. The van der Waals surface area contributed by atoms with Gasteiger partial charge in [0.25, 0.3) is 0 Å². The Labute approximate surface area is 83.1 Å². The van der Waals surface area contributed by atoms with Crippen LogP contribution in [0.5, 0.6) is 0 Å². The molecule has 0 saturated heterocycles. The van der Waals surface area contributed by atoms with Gasteiger partial charge in [0.15, 0.2) is 0 Å². The first-order valence-electron chi connectivity index (χ1n) is 3.03. The maximum atomic E-state index is 10.6. The molecule has 0 aliphatic heterocycles. The van der Waals surface area contributed by atoms with E-state index in [2.05, 4.69) is 28.6 Å². The highest BCUT2D eigenvalue weighted by molar-refractivity contribution is 9.10. The van der Waals surface area contributed by atoms with E-state index in [9.17, 15) is 4.79 Å². The standard InChI is InChI=1S/C7H6BrNO2S/c8-3-1-4(7(10)11)6(9)5(12)2-3/h1-2,12H,9H2,(H,10,11). The molecule has 5 heteroatoms. The Morgan fingerprint density at radius 3 is 2.67 bits per heavy atom. The molecule has 0 aliphatic rings. The van der Waals surface area contributed by atoms with Crippen molar-refractivity contribution in [1.82, 2.24) is 0 Å². The fourth-order valence-corrected chi connectivity index (χ4v) is 1.67. The van der Waals surface area contributed by atoms with Crippen LogP contribution in [0, 0.1) is 0 Å². The lowest BCUT2D eigenvalue weighted by atomic mass is 10.2. The maximum Gasteiger partial charge on any atom is 0.337 e. The van der Waals surface area contributed by atoms with E-state index in [-0.39, 0.29) is 11.3 Å². The molecule has 0 bridgehead atoms. The second-order valence-electron chi connectivity index (χ2n) is 2.19. The lowest BCUT2D eigenvalue weighted by Gasteiger charge is -2.03. The van der Waals surface area contributed by atoms with Crippen molar-refractivity contribution in [2.24, 2.45) is 0 Å². The summed E-state index contributed by atoms with van der Waals surface area (Å²) in [6.45, 7) is 0. The average molecular weight is 248 g/mol. The molecule has 3 N–H and O–H groups in total. The van der Waals surface area contributed by atoms with Gasteiger partial charge < -0.3 is 10.8 Å². The van der Waals surface area contributed by atoms with Crippen LogP contribution in [0.4, 0.5) is 5.69 Å². The monoisotopic (exact) mass is 247 g/mol. The Balaban J connectivity index is 3.37. The lowest BCUT2D eigenvalue weighted by molar-refractivity contribution is 0.0698. The summed E-state index contributed by atoms with van der Waals surface area (Å²) >= 11 is 7.16. The van der Waals surface area contributed by atoms with Gasteiger partial charge in [0, 0.05) is 9.37 Å². The number of halogens is 1. The number of carbonyl (C=O) groups is 1. The number of nitrogens with two attached hydrogens (primary N) is 1. The molecule has 0 unspecified atom stereocenters. The minimum atomic E-state index is -1.05. The molecule has 0 radical (unpaired) electrons. The van der Waals surface area contributed by atoms with Crippen LogP contribution in [-0.2, 0) is 0 Å². The van der Waals surface area contributed by atoms with E-state index < -0.39 is 5.97 Å². The van der Waals surface area contributed by atoms with E-state index in [1.54, 1.807) is 6.07 Å². The molecule has 3 nitrogen and oxygen atoms in total. The molecule has 0 atom stereocenters. The van der Waals surface area contributed by atoms with E-state index in [4.69, 9.17) is 10.8 Å². The largest absolute Gasteiger partial charge is 0.478 e. The topological polar surface area (TPSA) is 63.3 Å². The first-order valence-corrected chi connectivity index (χ1v) is 4.27. The zero-order valence-corrected chi connectivity index (χ0v) is 8.39. The summed E-state index contributed by atoms with van der Waals surface area (Å²) < 4.78 is 0.652. The lowest BCUT2D eigenvalue weighted by Crippen LogP contribution is -2.02. The number of benzene rings is 1. The van der Waals surface area contributed by atoms with Gasteiger partial charge in [-0.3, -0.25) is 0 Å². The molecular weight excluding hydrogens is 242 g/mol. The zero-order valence-electron chi connectivity index (χ0n) is 5.91. The van der Waals surface area contributed by atoms with Crippen molar-refractivity contribution in [3.8, 4) is 0 Å². The van der Waals surface area contributed by atoms with Crippen molar-refractivity contribution >= 4 is 40.2 Å². The predicted octanol–water partition coefficient (Wildman–Crippen LogP) is 2.02. The van der Waals surface area contributed by atoms with Gasteiger partial charge in [-0.2, -0.15) is 0 Å². The van der Waals surface area contributed by atoms with Crippen molar-refractivity contribution in [3.63, 3.8) is 0 Å². The number of aromatic carboxylic acids is 1. The van der Waals surface area contributed by atoms with Gasteiger partial charge in [0.05, 0.1) is 11.3 Å². The number of hydrogen-bond donors (Lipinski definition) is 3. The molecule has 1 aromatic carbocycles. The van der Waals surface area contributed by atoms with Crippen molar-refractivity contribution in [3.05, 3.63) is 22.2 Å². The first-order chi connectivity index (χ1) is 5.52. The third-order valence-electron chi connectivity index (χ3n) is 1.35. The number of anilines is 1. The van der Waals surface area contributed by atoms with Gasteiger partial charge in [0.1, 0.15) is 0 Å². The molecule has 0 aliphatic carbocycles. The molecule has 1 rings (SSSR count). The fraction of sp³-hybridized carbons (Fsp3) is 0. The number of carboxylic acid groups (broad SMARTS) is 1. The van der Waals surface area contributed by atoms with Crippen LogP contribution in [0.25, 0.3) is 0 Å². The Kier molecular flexibility index (Phi) is 2.64. The summed E-state index contributed by atoms with van der Waals surface area (Å²) in [5, 5.41) is 8.68. The quantitative estimate of drug-likeness (QED) is 0.526. The van der Waals surface area contributed by atoms with Crippen molar-refractivity contribution in [2.75, 3.05) is 5.73 Å². The van der Waals surface area contributed by atoms with E-state index in [0.717, 1.165) is 0 Å². The molecule has 0 fully saturated rings. The van der Waals surface area contributed by atoms with Crippen molar-refractivity contribution in [1.29, 1.82) is 0 Å². The van der Waals surface area contributed by atoms with Gasteiger partial charge in [-0.15, -0.1) is 12.6 Å². The summed E-state index contributed by atoms with van der Waals surface area (Å²) in [5.74, 6) is -1.05. The number of carboxylic acids is 1. The fourth-order valence-electron chi connectivity index (χ4n) is 0.781. The van der Waals surface area contributed by atoms with Crippen LogP contribution >= 0.6 is 28.6 Å². The summed E-state index contributed by atoms with van der Waals surface area (Å²) in [6.07, 6.45) is 0. The number of rotatable bonds is 1. The summed E-state index contributed by atoms with van der Waals surface area (Å²) in [7, 11) is 0. The van der Waals surface area contributed by atoms with Crippen molar-refractivity contribution in [2.45, 2.75) is 4.90 Å². The number of thiol groups is 1. The Bertz CT molecular complexity index is 340. The molecule has 64 valence electrons. The molecule has 1 aromatic rings. The molecule has 0 saturated carbocycles. The van der Waals surface area contributed by atoms with Gasteiger partial charge >= 0.3 is 5.97 Å². The predicted molar refractivity (Wildman–Crippen MR) is 52.8 cm³/mol. The smallest absolute Gasteiger partial charge is 0.337 e. The van der Waals surface area contributed by atoms with Crippen LogP contribution in [0.2, 0.25) is 0 Å². The van der Waals surface area contributed by atoms with Crippen molar-refractivity contribution < 1.29 is 9.90 Å². The highest BCUT2D eigenvalue weighted by Gasteiger charge is 2.10. The molecule has 0 spiro atoms. The zero-order chi connectivity index (χ0) is 9.30. The van der Waals surface area contributed by atoms with Gasteiger partial charge in [-0.05, 0) is 12.1 Å². The van der Waals surface area contributed by atoms with Crippen LogP contribution in [0.15, 0.2) is 21.5 Å². The second kappa shape index (κ2) is 3.37. The normalized spacial score (nSPS) is 9.83. The number of nitrogen functional groups attached to an aromatic ring is 1. The third-order valence-corrected chi connectivity index (χ3v) is 2.18. The maximum absolute atomic E-state index is 10.6. The van der Waals surface area contributed by atoms with E-state index in [1.165, 1.54) is 6.07 Å². The average Bonchev–Trinajstić information content (AvgIpc) is 1.96.